The monoisotopic (exact) mass is 833 g/mol. The maximum atomic E-state index is 15.4. The molecule has 4 aromatic carbocycles. The van der Waals surface area contributed by atoms with Gasteiger partial charge in [-0.25, -0.2) is 8.78 Å². The molecule has 1 fully saturated rings. The summed E-state index contributed by atoms with van der Waals surface area (Å²) in [5.41, 5.74) is 9.11. The van der Waals surface area contributed by atoms with E-state index in [2.05, 4.69) is 27.9 Å². The van der Waals surface area contributed by atoms with E-state index in [1.807, 2.05) is 19.2 Å². The summed E-state index contributed by atoms with van der Waals surface area (Å²) >= 11 is 1.32. The molecule has 1 aliphatic carbocycles. The van der Waals surface area contributed by atoms with Crippen molar-refractivity contribution in [3.05, 3.63) is 126 Å². The topological polar surface area (TPSA) is 123 Å². The summed E-state index contributed by atoms with van der Waals surface area (Å²) in [6, 6.07) is 22.8. The van der Waals surface area contributed by atoms with Crippen molar-refractivity contribution in [3.63, 3.8) is 0 Å². The highest BCUT2D eigenvalue weighted by atomic mass is 32.2. The maximum Gasteiger partial charge on any atom is 0.205 e. The molecule has 0 unspecified atom stereocenters. The van der Waals surface area contributed by atoms with Gasteiger partial charge < -0.3 is 24.5 Å². The number of aryl methyl sites for hydroxylation is 1. The number of nitrogens with zero attached hydrogens (tertiary/aromatic N) is 2. The fraction of sp³-hybridized carbons (Fsp3) is 0.333. The van der Waals surface area contributed by atoms with Crippen LogP contribution in [-0.2, 0) is 40.7 Å². The molecule has 2 aromatic heterocycles. The van der Waals surface area contributed by atoms with E-state index >= 15 is 4.39 Å². The number of nitrogens with two attached hydrogens (primary N) is 1. The molecule has 312 valence electrons. The third kappa shape index (κ3) is 10.0. The number of pyridine rings is 1. The quantitative estimate of drug-likeness (QED) is 0.0558. The van der Waals surface area contributed by atoms with Crippen molar-refractivity contribution in [2.75, 3.05) is 19.5 Å². The number of unbranched alkanes of at least 4 members (excludes halogenated alkanes) is 4. The fourth-order valence-electron chi connectivity index (χ4n) is 7.60. The lowest BCUT2D eigenvalue weighted by molar-refractivity contribution is -0.133. The molecule has 0 aliphatic heterocycles. The van der Waals surface area contributed by atoms with Crippen LogP contribution in [0.5, 0.6) is 23.0 Å². The number of fused-ring (bicyclic) bond motifs is 2. The van der Waals surface area contributed by atoms with Crippen LogP contribution >= 0.6 is 11.8 Å². The molecule has 6 aromatic rings. The summed E-state index contributed by atoms with van der Waals surface area (Å²) in [7, 11) is 3.55. The summed E-state index contributed by atoms with van der Waals surface area (Å²) in [6.45, 7) is 0.484. The lowest BCUT2D eigenvalue weighted by Crippen LogP contribution is -2.30. The molecule has 0 amide bonds. The Balaban J connectivity index is 0.850. The van der Waals surface area contributed by atoms with Crippen LogP contribution < -0.4 is 19.9 Å². The zero-order valence-corrected chi connectivity index (χ0v) is 34.7. The van der Waals surface area contributed by atoms with Crippen LogP contribution in [-0.4, -0.2) is 51.7 Å². The van der Waals surface area contributed by atoms with E-state index in [1.54, 1.807) is 49.7 Å². The Kier molecular flexibility index (Phi) is 13.6. The number of para-hydroxylation sites is 1. The molecule has 0 spiro atoms. The number of Topliss-reactive ketones (excluding diaryl/α,β-unsaturated/α-hetero) is 2. The fourth-order valence-corrected chi connectivity index (χ4v) is 8.45. The van der Waals surface area contributed by atoms with Gasteiger partial charge in [-0.15, -0.1) is 0 Å². The van der Waals surface area contributed by atoms with Gasteiger partial charge in [-0.1, -0.05) is 67.4 Å². The second-order valence-electron chi connectivity index (χ2n) is 15.5. The van der Waals surface area contributed by atoms with Gasteiger partial charge >= 0.3 is 0 Å². The van der Waals surface area contributed by atoms with E-state index in [4.69, 9.17) is 19.9 Å². The molecule has 0 saturated heterocycles. The molecule has 7 rings (SSSR count). The lowest BCUT2D eigenvalue weighted by Gasteiger charge is -2.15. The van der Waals surface area contributed by atoms with Crippen molar-refractivity contribution < 1.29 is 37.4 Å². The van der Waals surface area contributed by atoms with Crippen LogP contribution in [0.15, 0.2) is 97.3 Å². The van der Waals surface area contributed by atoms with Gasteiger partial charge in [0.25, 0.3) is 0 Å². The van der Waals surface area contributed by atoms with Gasteiger partial charge in [0.2, 0.25) is 5.12 Å². The van der Waals surface area contributed by atoms with Crippen molar-refractivity contribution in [1.82, 2.24) is 9.55 Å². The molecule has 9 nitrogen and oxygen atoms in total. The first-order chi connectivity index (χ1) is 29.0. The van der Waals surface area contributed by atoms with E-state index in [1.165, 1.54) is 36.0 Å². The second kappa shape index (κ2) is 19.2. The number of rotatable bonds is 21. The molecule has 12 heteroatoms. The number of halogens is 2. The first-order valence-electron chi connectivity index (χ1n) is 20.4. The number of hydrogen-bond acceptors (Lipinski definition) is 9. The smallest absolute Gasteiger partial charge is 0.205 e. The van der Waals surface area contributed by atoms with Crippen molar-refractivity contribution in [2.45, 2.75) is 70.3 Å². The zero-order chi connectivity index (χ0) is 42.2. The third-order valence-electron chi connectivity index (χ3n) is 11.2. The van der Waals surface area contributed by atoms with Crippen molar-refractivity contribution in [1.29, 1.82) is 0 Å². The molecule has 1 aliphatic rings. The number of hydrogen-bond donors (Lipinski definition) is 1. The van der Waals surface area contributed by atoms with Crippen LogP contribution in [0.1, 0.15) is 61.6 Å². The van der Waals surface area contributed by atoms with Crippen LogP contribution in [0.25, 0.3) is 21.8 Å². The van der Waals surface area contributed by atoms with Crippen molar-refractivity contribution in [3.8, 4) is 23.0 Å². The summed E-state index contributed by atoms with van der Waals surface area (Å²) in [4.78, 5) is 43.6. The number of ketones is 2. The SMILES string of the molecule is COc1cc2c(Oc3ccc(CC(=O)C4(C(=O)Cc5ccc(F)cc5)CC4)cc3F)ccnc2cc1OCCCCCCCSC(=O)[C@H](N)Cc1cn(C)c2ccccc12. The number of carbonyl (C=O) groups is 3. The molecule has 1 saturated carbocycles. The number of ether oxygens (including phenoxy) is 3. The largest absolute Gasteiger partial charge is 0.493 e. The molecule has 60 heavy (non-hydrogen) atoms. The van der Waals surface area contributed by atoms with E-state index in [0.717, 1.165) is 54.3 Å². The minimum atomic E-state index is -1.07. The number of aromatic nitrogens is 2. The van der Waals surface area contributed by atoms with Crippen molar-refractivity contribution in [2.24, 2.45) is 18.2 Å². The van der Waals surface area contributed by atoms with Gasteiger partial charge in [0, 0.05) is 60.4 Å². The Hall–Kier alpha value is -5.59. The van der Waals surface area contributed by atoms with Crippen LogP contribution in [0.4, 0.5) is 8.78 Å². The number of benzene rings is 4. The Morgan fingerprint density at radius 1 is 0.817 bits per heavy atom. The highest BCUT2D eigenvalue weighted by Gasteiger charge is 2.54. The van der Waals surface area contributed by atoms with Crippen molar-refractivity contribution >= 4 is 50.2 Å². The summed E-state index contributed by atoms with van der Waals surface area (Å²) in [5.74, 6) is 0.613. The number of thioether (sulfide) groups is 1. The first-order valence-corrected chi connectivity index (χ1v) is 21.4. The van der Waals surface area contributed by atoms with Crippen LogP contribution in [0, 0.1) is 17.0 Å². The molecule has 1 atom stereocenters. The Labute approximate surface area is 352 Å². The van der Waals surface area contributed by atoms with E-state index in [9.17, 15) is 18.8 Å². The Bertz CT molecular complexity index is 2500. The van der Waals surface area contributed by atoms with Gasteiger partial charge in [-0.05, 0) is 91.3 Å². The molecule has 2 heterocycles. The van der Waals surface area contributed by atoms with E-state index < -0.39 is 23.1 Å². The van der Waals surface area contributed by atoms with E-state index in [-0.39, 0.29) is 35.3 Å². The molecular weight excluding hydrogens is 785 g/mol. The average molecular weight is 834 g/mol. The van der Waals surface area contributed by atoms with Gasteiger partial charge in [0.05, 0.1) is 30.7 Å². The van der Waals surface area contributed by atoms with Crippen LogP contribution in [0.3, 0.4) is 0 Å². The van der Waals surface area contributed by atoms with Gasteiger partial charge in [0.1, 0.15) is 11.6 Å². The summed E-state index contributed by atoms with van der Waals surface area (Å²) in [5, 5.41) is 1.76. The summed E-state index contributed by atoms with van der Waals surface area (Å²) in [6.07, 6.45) is 9.80. The number of methoxy groups -OCH3 is 1. The predicted molar refractivity (Wildman–Crippen MR) is 231 cm³/mol. The highest BCUT2D eigenvalue weighted by molar-refractivity contribution is 8.13. The maximum absolute atomic E-state index is 15.4. The van der Waals surface area contributed by atoms with Crippen LogP contribution in [0.2, 0.25) is 0 Å². The molecular formula is C48H49F2N3O6S. The zero-order valence-electron chi connectivity index (χ0n) is 33.9. The van der Waals surface area contributed by atoms with E-state index in [0.29, 0.717) is 65.1 Å². The molecule has 0 bridgehead atoms. The Morgan fingerprint density at radius 3 is 2.28 bits per heavy atom. The normalized spacial score (nSPS) is 13.6. The average Bonchev–Trinajstić information content (AvgIpc) is 4.01. The van der Waals surface area contributed by atoms with Gasteiger partial charge in [-0.3, -0.25) is 19.4 Å². The minimum Gasteiger partial charge on any atom is -0.493 e. The standard InChI is InChI=1S/C48H49F2N3O6S/c1-53-30-33(35-10-6-7-11-40(35)53)27-38(51)47(56)60-23-9-5-3-4-8-22-58-44-29-39-36(28-43(44)57-2)41(18-21-52-39)59-42-17-14-32(24-37(42)50)26-46(55)48(19-20-48)45(54)25-31-12-15-34(49)16-13-31/h6-7,10-18,21,24,28-30,38H,3-5,8-9,19-20,22-23,25-27,51H2,1-2H3/t38-/m1/s1. The lowest BCUT2D eigenvalue weighted by atomic mass is 9.88. The predicted octanol–water partition coefficient (Wildman–Crippen LogP) is 9.67. The third-order valence-corrected chi connectivity index (χ3v) is 12.3. The first kappa shape index (κ1) is 42.5. The highest BCUT2D eigenvalue weighted by Crippen LogP contribution is 2.49. The second-order valence-corrected chi connectivity index (χ2v) is 16.6. The molecule has 2 N–H and O–H groups in total. The van der Waals surface area contributed by atoms with Gasteiger partial charge in [-0.2, -0.15) is 0 Å². The number of carbonyl (C=O) groups excluding carboxylic acids is 3. The summed E-state index contributed by atoms with van der Waals surface area (Å²) < 4.78 is 48.6. The molecule has 0 radical (unpaired) electrons. The minimum absolute atomic E-state index is 0.0273. The van der Waals surface area contributed by atoms with Gasteiger partial charge in [0.15, 0.2) is 34.6 Å². The Morgan fingerprint density at radius 2 is 1.53 bits per heavy atom.